The lowest BCUT2D eigenvalue weighted by Gasteiger charge is -2.07. The molecular weight excluding hydrogens is 400 g/mol. The number of unbranched alkanes of at least 4 members (excludes halogenated alkanes) is 9. The van der Waals surface area contributed by atoms with Crippen LogP contribution in [0, 0.1) is 0 Å². The fourth-order valence-corrected chi connectivity index (χ4v) is 4.75. The highest BCUT2D eigenvalue weighted by atomic mass is 15.1. The molecule has 0 spiro atoms. The first kappa shape index (κ1) is 25.3. The van der Waals surface area contributed by atoms with E-state index in [1.54, 1.807) is 0 Å². The largest absolute Gasteiger partial charge is 0.260 e. The number of aryl methyl sites for hydroxylation is 3. The van der Waals surface area contributed by atoms with Crippen molar-refractivity contribution in [1.82, 2.24) is 4.57 Å². The molecule has 0 amide bonds. The van der Waals surface area contributed by atoms with Crippen LogP contribution < -0.4 is 4.57 Å². The Morgan fingerprint density at radius 3 is 1.85 bits per heavy atom. The molecule has 33 heavy (non-hydrogen) atoms. The maximum atomic E-state index is 2.51. The normalized spacial score (nSPS) is 11.2. The topological polar surface area (TPSA) is 8.81 Å². The molecule has 2 nitrogen and oxygen atoms in total. The predicted molar refractivity (Wildman–Crippen MR) is 140 cm³/mol. The number of hydrogen-bond donors (Lipinski definition) is 0. The molecule has 0 aliphatic carbocycles. The fraction of sp³-hybridized carbons (Fsp3) is 0.516. The maximum absolute atomic E-state index is 2.51. The Morgan fingerprint density at radius 1 is 0.636 bits per heavy atom. The summed E-state index contributed by atoms with van der Waals surface area (Å²) in [5.41, 5.74) is 2.84. The molecular formula is C31H45N2+. The summed E-state index contributed by atoms with van der Waals surface area (Å²) in [5.74, 6) is 1.45. The summed E-state index contributed by atoms with van der Waals surface area (Å²) in [6.07, 6.45) is 21.9. The molecule has 0 bridgehead atoms. The number of hydrogen-bond acceptors (Lipinski definition) is 0. The van der Waals surface area contributed by atoms with E-state index < -0.39 is 0 Å². The summed E-state index contributed by atoms with van der Waals surface area (Å²) in [5, 5.41) is 0. The quantitative estimate of drug-likeness (QED) is 0.147. The van der Waals surface area contributed by atoms with Crippen LogP contribution in [0.1, 0.15) is 94.5 Å². The van der Waals surface area contributed by atoms with Gasteiger partial charge in [-0.05, 0) is 36.8 Å². The van der Waals surface area contributed by atoms with Crippen molar-refractivity contribution >= 4 is 0 Å². The molecule has 0 radical (unpaired) electrons. The first-order valence-corrected chi connectivity index (χ1v) is 13.5. The third-order valence-electron chi connectivity index (χ3n) is 6.75. The van der Waals surface area contributed by atoms with Crippen LogP contribution in [0.5, 0.6) is 0 Å². The zero-order valence-electron chi connectivity index (χ0n) is 20.9. The fourth-order valence-electron chi connectivity index (χ4n) is 4.75. The van der Waals surface area contributed by atoms with E-state index in [1.807, 2.05) is 0 Å². The van der Waals surface area contributed by atoms with Gasteiger partial charge in [-0.1, -0.05) is 119 Å². The smallest absolute Gasteiger partial charge is 0.234 e. The number of imidazole rings is 1. The van der Waals surface area contributed by atoms with Crippen molar-refractivity contribution in [2.45, 2.75) is 103 Å². The van der Waals surface area contributed by atoms with Crippen LogP contribution >= 0.6 is 0 Å². The zero-order chi connectivity index (χ0) is 23.0. The monoisotopic (exact) mass is 445 g/mol. The maximum Gasteiger partial charge on any atom is 0.260 e. The summed E-state index contributed by atoms with van der Waals surface area (Å²) in [6.45, 7) is 4.52. The number of benzene rings is 2. The summed E-state index contributed by atoms with van der Waals surface area (Å²) < 4.78 is 5.01. The summed E-state index contributed by atoms with van der Waals surface area (Å²) in [7, 11) is 0. The SMILES string of the molecule is CCCCCCCCCCCCn1cc[n+](CCCc2ccccc2)c1Cc1ccccc1. The lowest BCUT2D eigenvalue weighted by atomic mass is 10.1. The number of rotatable bonds is 17. The second-order valence-electron chi connectivity index (χ2n) is 9.53. The Morgan fingerprint density at radius 2 is 1.21 bits per heavy atom. The molecule has 0 aliphatic rings. The minimum absolute atomic E-state index is 1.01. The second-order valence-corrected chi connectivity index (χ2v) is 9.53. The van der Waals surface area contributed by atoms with Crippen LogP contribution in [0.2, 0.25) is 0 Å². The van der Waals surface area contributed by atoms with E-state index >= 15 is 0 Å². The predicted octanol–water partition coefficient (Wildman–Crippen LogP) is 7.92. The van der Waals surface area contributed by atoms with Gasteiger partial charge in [0, 0.05) is 0 Å². The van der Waals surface area contributed by atoms with Crippen LogP contribution in [-0.2, 0) is 25.9 Å². The molecule has 0 unspecified atom stereocenters. The van der Waals surface area contributed by atoms with Gasteiger partial charge in [-0.2, -0.15) is 0 Å². The van der Waals surface area contributed by atoms with Gasteiger partial charge in [0.15, 0.2) is 0 Å². The highest BCUT2D eigenvalue weighted by Gasteiger charge is 2.17. The number of aromatic nitrogens is 2. The first-order valence-electron chi connectivity index (χ1n) is 13.5. The van der Waals surface area contributed by atoms with Crippen molar-refractivity contribution in [1.29, 1.82) is 0 Å². The van der Waals surface area contributed by atoms with Gasteiger partial charge >= 0.3 is 0 Å². The van der Waals surface area contributed by atoms with Crippen LogP contribution in [0.4, 0.5) is 0 Å². The lowest BCUT2D eigenvalue weighted by Crippen LogP contribution is -2.37. The van der Waals surface area contributed by atoms with Crippen molar-refractivity contribution in [3.05, 3.63) is 90.0 Å². The van der Waals surface area contributed by atoms with Crippen LogP contribution in [0.25, 0.3) is 0 Å². The van der Waals surface area contributed by atoms with Gasteiger partial charge in [-0.3, -0.25) is 0 Å². The molecule has 3 aromatic rings. The standard InChI is InChI=1S/C31H45N2/c1-2-3-4-5-6-7-8-9-10-17-24-32-26-27-33(25-18-23-29-19-13-11-14-20-29)31(32)28-30-21-15-12-16-22-30/h11-16,19-22,26-27H,2-10,17-18,23-25,28H2,1H3/q+1. The minimum atomic E-state index is 1.01. The van der Waals surface area contributed by atoms with E-state index in [0.717, 1.165) is 25.9 Å². The molecule has 0 fully saturated rings. The third kappa shape index (κ3) is 9.58. The van der Waals surface area contributed by atoms with Gasteiger partial charge < -0.3 is 0 Å². The Labute approximate surface area is 202 Å². The van der Waals surface area contributed by atoms with Crippen molar-refractivity contribution in [2.75, 3.05) is 0 Å². The molecule has 1 heterocycles. The Balaban J connectivity index is 1.47. The van der Waals surface area contributed by atoms with Crippen LogP contribution in [-0.4, -0.2) is 4.57 Å². The van der Waals surface area contributed by atoms with Crippen LogP contribution in [0.15, 0.2) is 73.1 Å². The van der Waals surface area contributed by atoms with Crippen molar-refractivity contribution in [3.63, 3.8) is 0 Å². The second kappa shape index (κ2) is 15.5. The molecule has 0 saturated carbocycles. The Hall–Kier alpha value is -2.35. The molecule has 0 saturated heterocycles. The molecule has 1 aromatic heterocycles. The zero-order valence-corrected chi connectivity index (χ0v) is 20.9. The van der Waals surface area contributed by atoms with Crippen LogP contribution in [0.3, 0.4) is 0 Å². The van der Waals surface area contributed by atoms with E-state index in [4.69, 9.17) is 0 Å². The Bertz CT molecular complexity index is 866. The first-order chi connectivity index (χ1) is 16.4. The molecule has 2 aromatic carbocycles. The molecule has 0 aliphatic heterocycles. The lowest BCUT2D eigenvalue weighted by molar-refractivity contribution is -0.703. The minimum Gasteiger partial charge on any atom is -0.234 e. The third-order valence-corrected chi connectivity index (χ3v) is 6.75. The van der Waals surface area contributed by atoms with E-state index in [1.165, 1.54) is 87.6 Å². The number of nitrogens with zero attached hydrogens (tertiary/aromatic N) is 2. The van der Waals surface area contributed by atoms with E-state index in [9.17, 15) is 0 Å². The highest BCUT2D eigenvalue weighted by Crippen LogP contribution is 2.13. The van der Waals surface area contributed by atoms with E-state index in [0.29, 0.717) is 0 Å². The van der Waals surface area contributed by atoms with Crippen molar-refractivity contribution < 1.29 is 4.57 Å². The van der Waals surface area contributed by atoms with Crippen molar-refractivity contribution in [2.24, 2.45) is 0 Å². The van der Waals surface area contributed by atoms with Gasteiger partial charge in [-0.25, -0.2) is 9.13 Å². The summed E-state index contributed by atoms with van der Waals surface area (Å²) in [6, 6.07) is 21.8. The van der Waals surface area contributed by atoms with Gasteiger partial charge in [0.05, 0.1) is 19.5 Å². The van der Waals surface area contributed by atoms with E-state index in [2.05, 4.69) is 89.1 Å². The molecule has 0 N–H and O–H groups in total. The Kier molecular flexibility index (Phi) is 11.9. The average Bonchev–Trinajstić information content (AvgIpc) is 3.22. The van der Waals surface area contributed by atoms with Gasteiger partial charge in [0.25, 0.3) is 5.82 Å². The van der Waals surface area contributed by atoms with Gasteiger partial charge in [-0.15, -0.1) is 0 Å². The average molecular weight is 446 g/mol. The van der Waals surface area contributed by atoms with Crippen molar-refractivity contribution in [3.8, 4) is 0 Å². The van der Waals surface area contributed by atoms with Gasteiger partial charge in [0.1, 0.15) is 12.4 Å². The molecule has 2 heteroatoms. The molecule has 178 valence electrons. The summed E-state index contributed by atoms with van der Waals surface area (Å²) in [4.78, 5) is 0. The highest BCUT2D eigenvalue weighted by molar-refractivity contribution is 5.18. The molecule has 3 rings (SSSR count). The summed E-state index contributed by atoms with van der Waals surface area (Å²) >= 11 is 0. The molecule has 0 atom stereocenters. The van der Waals surface area contributed by atoms with Gasteiger partial charge in [0.2, 0.25) is 0 Å². The van der Waals surface area contributed by atoms with E-state index in [-0.39, 0.29) is 0 Å².